The van der Waals surface area contributed by atoms with Gasteiger partial charge >= 0.3 is 0 Å². The van der Waals surface area contributed by atoms with E-state index >= 15 is 0 Å². The molecule has 2 aromatic heterocycles. The van der Waals surface area contributed by atoms with E-state index in [-0.39, 0.29) is 11.5 Å². The molecule has 0 radical (unpaired) electrons. The number of rotatable bonds is 8. The number of hydrogen-bond donors (Lipinski definition) is 1. The Hall–Kier alpha value is -1.16. The molecule has 0 aliphatic heterocycles. The first-order valence-electron chi connectivity index (χ1n) is 6.88. The first-order chi connectivity index (χ1) is 10.9. The van der Waals surface area contributed by atoms with Gasteiger partial charge in [-0.15, -0.1) is 11.3 Å². The minimum Gasteiger partial charge on any atom is -0.476 e. The minimum atomic E-state index is -3.63. The van der Waals surface area contributed by atoms with E-state index in [1.165, 1.54) is 0 Å². The highest BCUT2D eigenvalue weighted by molar-refractivity contribution is 9.10. The van der Waals surface area contributed by atoms with Gasteiger partial charge in [-0.1, -0.05) is 6.07 Å². The highest BCUT2D eigenvalue weighted by Gasteiger charge is 2.18. The van der Waals surface area contributed by atoms with Gasteiger partial charge in [-0.25, -0.2) is 13.4 Å². The van der Waals surface area contributed by atoms with Crippen LogP contribution >= 0.6 is 27.3 Å². The van der Waals surface area contributed by atoms with E-state index in [9.17, 15) is 8.42 Å². The largest absolute Gasteiger partial charge is 0.476 e. The number of nitrogens with one attached hydrogen (secondary N) is 1. The summed E-state index contributed by atoms with van der Waals surface area (Å²) in [5, 5.41) is 1.71. The first-order valence-corrected chi connectivity index (χ1v) is 10.0. The minimum absolute atomic E-state index is 0. The fourth-order valence-electron chi connectivity index (χ4n) is 1.78. The molecule has 0 atom stereocenters. The molecule has 0 amide bonds. The quantitative estimate of drug-likeness (QED) is 0.662. The van der Waals surface area contributed by atoms with Crippen LogP contribution in [-0.4, -0.2) is 45.5 Å². The second-order valence-electron chi connectivity index (χ2n) is 5.05. The summed E-state index contributed by atoms with van der Waals surface area (Å²) in [4.78, 5) is 6.21. The molecule has 0 spiro atoms. The molecule has 0 aliphatic rings. The van der Waals surface area contributed by atoms with E-state index in [2.05, 4.69) is 30.5 Å². The molecule has 0 bridgehead atoms. The third-order valence-corrected chi connectivity index (χ3v) is 6.01. The van der Waals surface area contributed by atoms with Gasteiger partial charge in [-0.3, -0.25) is 4.72 Å². The van der Waals surface area contributed by atoms with Gasteiger partial charge < -0.3 is 9.64 Å². The maximum absolute atomic E-state index is 12.3. The summed E-state index contributed by atoms with van der Waals surface area (Å²) in [6, 6.07) is 4.88. The molecule has 6 nitrogen and oxygen atoms in total. The van der Waals surface area contributed by atoms with Crippen LogP contribution in [0.15, 0.2) is 38.5 Å². The SMILES string of the molecule is CN(C)CCCOc1ncc(Br)cc1NS(=O)(=O)c1cccs1.[HH]. The van der Waals surface area contributed by atoms with Crippen LogP contribution in [0.3, 0.4) is 0 Å². The average Bonchev–Trinajstić information content (AvgIpc) is 3.00. The summed E-state index contributed by atoms with van der Waals surface area (Å²) in [5.74, 6) is 0.270. The normalized spacial score (nSPS) is 11.7. The van der Waals surface area contributed by atoms with E-state index in [1.54, 1.807) is 29.8 Å². The second kappa shape index (κ2) is 8.09. The Kier molecular flexibility index (Phi) is 6.40. The van der Waals surface area contributed by atoms with Crippen molar-refractivity contribution < 1.29 is 14.6 Å². The van der Waals surface area contributed by atoms with Gasteiger partial charge in [-0.2, -0.15) is 0 Å². The van der Waals surface area contributed by atoms with Gasteiger partial charge in [0.2, 0.25) is 5.88 Å². The standard InChI is InChI=1S/C14H18BrN3O3S2.H2/c1-18(2)6-4-7-21-14-12(9-11(15)10-16-14)17-23(19,20)13-5-3-8-22-13;/h3,5,8-10,17H,4,6-7H2,1-2H3;1H. The number of sulfonamides is 1. The topological polar surface area (TPSA) is 71.5 Å². The maximum atomic E-state index is 12.3. The number of nitrogens with zero attached hydrogens (tertiary/aromatic N) is 2. The maximum Gasteiger partial charge on any atom is 0.271 e. The molecule has 0 saturated heterocycles. The van der Waals surface area contributed by atoms with Gasteiger partial charge in [0, 0.05) is 18.6 Å². The molecule has 0 unspecified atom stereocenters. The number of aromatic nitrogens is 1. The molecule has 0 aliphatic carbocycles. The van der Waals surface area contributed by atoms with E-state index in [1.807, 2.05) is 14.1 Å². The van der Waals surface area contributed by atoms with Crippen molar-refractivity contribution >= 4 is 43.0 Å². The summed E-state index contributed by atoms with van der Waals surface area (Å²) >= 11 is 4.45. The number of ether oxygens (including phenoxy) is 1. The first kappa shape index (κ1) is 18.2. The molecule has 2 aromatic rings. The molecule has 0 saturated carbocycles. The van der Waals surface area contributed by atoms with E-state index in [0.717, 1.165) is 24.3 Å². The van der Waals surface area contributed by atoms with Crippen molar-refractivity contribution in [3.05, 3.63) is 34.2 Å². The van der Waals surface area contributed by atoms with E-state index in [4.69, 9.17) is 4.74 Å². The van der Waals surface area contributed by atoms with Gasteiger partial charge in [0.1, 0.15) is 9.90 Å². The fraction of sp³-hybridized carbons (Fsp3) is 0.357. The van der Waals surface area contributed by atoms with Crippen molar-refractivity contribution in [2.45, 2.75) is 10.6 Å². The predicted molar refractivity (Wildman–Crippen MR) is 97.8 cm³/mol. The number of thiophene rings is 1. The van der Waals surface area contributed by atoms with Crippen molar-refractivity contribution in [2.24, 2.45) is 0 Å². The molecule has 0 aromatic carbocycles. The summed E-state index contributed by atoms with van der Waals surface area (Å²) in [5.41, 5.74) is 0.317. The number of pyridine rings is 1. The number of anilines is 1. The Morgan fingerprint density at radius 1 is 1.48 bits per heavy atom. The second-order valence-corrected chi connectivity index (χ2v) is 8.82. The lowest BCUT2D eigenvalue weighted by molar-refractivity contribution is 0.274. The highest BCUT2D eigenvalue weighted by atomic mass is 79.9. The van der Waals surface area contributed by atoms with Crippen molar-refractivity contribution in [1.82, 2.24) is 9.88 Å². The predicted octanol–water partition coefficient (Wildman–Crippen LogP) is 3.28. The smallest absolute Gasteiger partial charge is 0.271 e. The molecule has 1 N–H and O–H groups in total. The molecule has 128 valence electrons. The molecule has 23 heavy (non-hydrogen) atoms. The molecule has 2 rings (SSSR count). The summed E-state index contributed by atoms with van der Waals surface area (Å²) in [7, 11) is 0.335. The molecule has 9 heteroatoms. The summed E-state index contributed by atoms with van der Waals surface area (Å²) in [6.07, 6.45) is 2.39. The van der Waals surface area contributed by atoms with Crippen LogP contribution in [0.2, 0.25) is 0 Å². The summed E-state index contributed by atoms with van der Waals surface area (Å²) in [6.45, 7) is 1.34. The Labute approximate surface area is 150 Å². The lowest BCUT2D eigenvalue weighted by atomic mass is 10.4. The Bertz CT molecular complexity index is 740. The van der Waals surface area contributed by atoms with Crippen molar-refractivity contribution in [3.63, 3.8) is 0 Å². The van der Waals surface area contributed by atoms with Crippen LogP contribution in [0, 0.1) is 0 Å². The van der Waals surface area contributed by atoms with Crippen molar-refractivity contribution in [2.75, 3.05) is 32.0 Å². The lowest BCUT2D eigenvalue weighted by Gasteiger charge is -2.13. The number of hydrogen-bond acceptors (Lipinski definition) is 6. The molecular weight excluding hydrogens is 402 g/mol. The van der Waals surface area contributed by atoms with Gasteiger partial charge in [0.25, 0.3) is 10.0 Å². The van der Waals surface area contributed by atoms with Crippen LogP contribution in [-0.2, 0) is 10.0 Å². The number of halogens is 1. The zero-order valence-corrected chi connectivity index (χ0v) is 16.0. The average molecular weight is 422 g/mol. The summed E-state index contributed by atoms with van der Waals surface area (Å²) < 4.78 is 33.8. The molecule has 0 fully saturated rings. The third-order valence-electron chi connectivity index (χ3n) is 2.81. The van der Waals surface area contributed by atoms with Crippen LogP contribution < -0.4 is 9.46 Å². The zero-order valence-electron chi connectivity index (χ0n) is 12.8. The Morgan fingerprint density at radius 2 is 2.26 bits per heavy atom. The Balaban J connectivity index is 0.00000288. The van der Waals surface area contributed by atoms with Crippen molar-refractivity contribution in [1.29, 1.82) is 0 Å². The Morgan fingerprint density at radius 3 is 2.91 bits per heavy atom. The monoisotopic (exact) mass is 421 g/mol. The molecular formula is C14H20BrN3O3S2. The zero-order chi connectivity index (χ0) is 16.9. The fourth-order valence-corrected chi connectivity index (χ4v) is 4.15. The van der Waals surface area contributed by atoms with Gasteiger partial charge in [0.15, 0.2) is 0 Å². The van der Waals surface area contributed by atoms with Crippen LogP contribution in [0.5, 0.6) is 5.88 Å². The highest BCUT2D eigenvalue weighted by Crippen LogP contribution is 2.29. The van der Waals surface area contributed by atoms with Crippen LogP contribution in [0.4, 0.5) is 5.69 Å². The van der Waals surface area contributed by atoms with Gasteiger partial charge in [-0.05, 0) is 54.0 Å². The van der Waals surface area contributed by atoms with E-state index in [0.29, 0.717) is 16.8 Å². The third kappa shape index (κ3) is 5.45. The van der Waals surface area contributed by atoms with Gasteiger partial charge in [0.05, 0.1) is 6.61 Å². The lowest BCUT2D eigenvalue weighted by Crippen LogP contribution is -2.17. The molecule has 2 heterocycles. The van der Waals surface area contributed by atoms with E-state index < -0.39 is 10.0 Å². The van der Waals surface area contributed by atoms with Crippen molar-refractivity contribution in [3.8, 4) is 5.88 Å². The van der Waals surface area contributed by atoms with Crippen LogP contribution in [0.1, 0.15) is 7.85 Å². The van der Waals surface area contributed by atoms with Crippen LogP contribution in [0.25, 0.3) is 0 Å².